The Labute approximate surface area is 101 Å². The van der Waals surface area contributed by atoms with Crippen LogP contribution in [0.15, 0.2) is 35.1 Å². The molecular formula is C14H18N2O. The third-order valence-corrected chi connectivity index (χ3v) is 2.85. The van der Waals surface area contributed by atoms with Crippen LogP contribution in [0.4, 0.5) is 0 Å². The third-order valence-electron chi connectivity index (χ3n) is 2.85. The molecule has 0 aliphatic carbocycles. The first-order chi connectivity index (χ1) is 8.20. The number of aryl methyl sites for hydroxylation is 2. The van der Waals surface area contributed by atoms with E-state index in [0.717, 1.165) is 30.6 Å². The standard InChI is InChI=1S/C14H18N2O/c1-3-4-8-16-14(17)10-13(15-16)12-7-5-6-11(2)9-12/h5-7,9-10,15H,3-4,8H2,1-2H3. The van der Waals surface area contributed by atoms with Gasteiger partial charge in [0.2, 0.25) is 0 Å². The van der Waals surface area contributed by atoms with E-state index in [-0.39, 0.29) is 5.56 Å². The Morgan fingerprint density at radius 2 is 2.12 bits per heavy atom. The minimum absolute atomic E-state index is 0.0509. The molecule has 0 saturated heterocycles. The molecule has 3 heteroatoms. The minimum Gasteiger partial charge on any atom is -0.295 e. The van der Waals surface area contributed by atoms with Gasteiger partial charge in [-0.3, -0.25) is 14.6 Å². The highest BCUT2D eigenvalue weighted by atomic mass is 16.1. The highest BCUT2D eigenvalue weighted by molar-refractivity contribution is 5.59. The molecule has 1 heterocycles. The Hall–Kier alpha value is -1.77. The normalized spacial score (nSPS) is 10.7. The van der Waals surface area contributed by atoms with E-state index in [0.29, 0.717) is 0 Å². The van der Waals surface area contributed by atoms with E-state index in [1.807, 2.05) is 12.1 Å². The summed E-state index contributed by atoms with van der Waals surface area (Å²) in [6, 6.07) is 9.82. The topological polar surface area (TPSA) is 37.8 Å². The van der Waals surface area contributed by atoms with Crippen LogP contribution >= 0.6 is 0 Å². The number of aromatic nitrogens is 2. The molecule has 0 atom stereocenters. The molecule has 1 N–H and O–H groups in total. The molecule has 0 aliphatic rings. The number of rotatable bonds is 4. The highest BCUT2D eigenvalue weighted by Gasteiger charge is 2.04. The van der Waals surface area contributed by atoms with E-state index in [9.17, 15) is 4.79 Å². The van der Waals surface area contributed by atoms with Gasteiger partial charge in [-0.25, -0.2) is 0 Å². The van der Waals surface area contributed by atoms with Gasteiger partial charge in [0.1, 0.15) is 0 Å². The van der Waals surface area contributed by atoms with Crippen LogP contribution in [0.25, 0.3) is 11.3 Å². The number of benzene rings is 1. The number of unbranched alkanes of at least 4 members (excludes halogenated alkanes) is 1. The molecule has 2 rings (SSSR count). The summed E-state index contributed by atoms with van der Waals surface area (Å²) in [6.07, 6.45) is 2.11. The summed E-state index contributed by atoms with van der Waals surface area (Å²) in [7, 11) is 0. The van der Waals surface area contributed by atoms with Crippen molar-refractivity contribution >= 4 is 0 Å². The fraction of sp³-hybridized carbons (Fsp3) is 0.357. The highest BCUT2D eigenvalue weighted by Crippen LogP contribution is 2.16. The quantitative estimate of drug-likeness (QED) is 0.861. The van der Waals surface area contributed by atoms with Gasteiger partial charge in [-0.15, -0.1) is 0 Å². The molecule has 3 nitrogen and oxygen atoms in total. The number of nitrogens with zero attached hydrogens (tertiary/aromatic N) is 1. The van der Waals surface area contributed by atoms with Gasteiger partial charge in [0.25, 0.3) is 5.56 Å². The van der Waals surface area contributed by atoms with Crippen LogP contribution in [-0.2, 0) is 6.54 Å². The second-order valence-corrected chi connectivity index (χ2v) is 4.38. The Bertz CT molecular complexity index is 551. The molecule has 0 bridgehead atoms. The van der Waals surface area contributed by atoms with Gasteiger partial charge in [-0.2, -0.15) is 0 Å². The van der Waals surface area contributed by atoms with Crippen molar-refractivity contribution in [3.8, 4) is 11.3 Å². The lowest BCUT2D eigenvalue weighted by atomic mass is 10.1. The van der Waals surface area contributed by atoms with E-state index >= 15 is 0 Å². The number of H-pyrrole nitrogens is 1. The zero-order valence-electron chi connectivity index (χ0n) is 10.4. The van der Waals surface area contributed by atoms with Crippen molar-refractivity contribution in [2.24, 2.45) is 0 Å². The number of aromatic amines is 1. The fourth-order valence-electron chi connectivity index (χ4n) is 1.88. The molecule has 0 unspecified atom stereocenters. The van der Waals surface area contributed by atoms with Crippen molar-refractivity contribution in [3.05, 3.63) is 46.2 Å². The molecule has 1 aromatic carbocycles. The molecule has 0 saturated carbocycles. The second kappa shape index (κ2) is 5.04. The van der Waals surface area contributed by atoms with Crippen molar-refractivity contribution in [2.75, 3.05) is 0 Å². The molecule has 0 radical (unpaired) electrons. The summed E-state index contributed by atoms with van der Waals surface area (Å²) >= 11 is 0. The average molecular weight is 230 g/mol. The average Bonchev–Trinajstić information content (AvgIpc) is 2.68. The maximum Gasteiger partial charge on any atom is 0.267 e. The van der Waals surface area contributed by atoms with Gasteiger partial charge in [0.05, 0.1) is 5.69 Å². The van der Waals surface area contributed by atoms with Crippen molar-refractivity contribution in [1.82, 2.24) is 9.78 Å². The fourth-order valence-corrected chi connectivity index (χ4v) is 1.88. The van der Waals surface area contributed by atoms with Gasteiger partial charge in [0.15, 0.2) is 0 Å². The van der Waals surface area contributed by atoms with Gasteiger partial charge < -0.3 is 0 Å². The summed E-state index contributed by atoms with van der Waals surface area (Å²) in [6.45, 7) is 4.94. The molecule has 17 heavy (non-hydrogen) atoms. The summed E-state index contributed by atoms with van der Waals surface area (Å²) in [5, 5.41) is 3.16. The Morgan fingerprint density at radius 3 is 2.82 bits per heavy atom. The van der Waals surface area contributed by atoms with Crippen molar-refractivity contribution in [1.29, 1.82) is 0 Å². The van der Waals surface area contributed by atoms with Gasteiger partial charge in [-0.05, 0) is 25.0 Å². The van der Waals surface area contributed by atoms with Crippen LogP contribution in [0.5, 0.6) is 0 Å². The van der Waals surface area contributed by atoms with Crippen molar-refractivity contribution in [3.63, 3.8) is 0 Å². The van der Waals surface area contributed by atoms with Crippen LogP contribution in [0.3, 0.4) is 0 Å². The van der Waals surface area contributed by atoms with E-state index in [4.69, 9.17) is 0 Å². The number of hydrogen-bond acceptors (Lipinski definition) is 1. The van der Waals surface area contributed by atoms with Crippen LogP contribution in [0.2, 0.25) is 0 Å². The first-order valence-electron chi connectivity index (χ1n) is 6.07. The predicted molar refractivity (Wildman–Crippen MR) is 70.1 cm³/mol. The van der Waals surface area contributed by atoms with E-state index in [2.05, 4.69) is 31.1 Å². The van der Waals surface area contributed by atoms with E-state index < -0.39 is 0 Å². The van der Waals surface area contributed by atoms with Crippen LogP contribution < -0.4 is 5.56 Å². The first kappa shape index (κ1) is 11.7. The molecule has 2 aromatic rings. The molecule has 90 valence electrons. The van der Waals surface area contributed by atoms with Gasteiger partial charge in [-0.1, -0.05) is 37.1 Å². The smallest absolute Gasteiger partial charge is 0.267 e. The summed E-state index contributed by atoms with van der Waals surface area (Å²) < 4.78 is 1.68. The van der Waals surface area contributed by atoms with Crippen LogP contribution in [0.1, 0.15) is 25.3 Å². The molecule has 0 fully saturated rings. The lowest BCUT2D eigenvalue weighted by Gasteiger charge is -2.01. The molecule has 0 spiro atoms. The van der Waals surface area contributed by atoms with Crippen LogP contribution in [0, 0.1) is 6.92 Å². The largest absolute Gasteiger partial charge is 0.295 e. The first-order valence-corrected chi connectivity index (χ1v) is 6.07. The lowest BCUT2D eigenvalue weighted by Crippen LogP contribution is -2.15. The Kier molecular flexibility index (Phi) is 3.47. The Balaban J connectivity index is 2.31. The summed E-state index contributed by atoms with van der Waals surface area (Å²) in [4.78, 5) is 11.7. The zero-order valence-corrected chi connectivity index (χ0v) is 10.4. The maximum atomic E-state index is 11.7. The maximum absolute atomic E-state index is 11.7. The number of nitrogens with one attached hydrogen (secondary N) is 1. The molecule has 1 aromatic heterocycles. The van der Waals surface area contributed by atoms with Gasteiger partial charge >= 0.3 is 0 Å². The van der Waals surface area contributed by atoms with Gasteiger partial charge in [0, 0.05) is 12.6 Å². The number of hydrogen-bond donors (Lipinski definition) is 1. The predicted octanol–water partition coefficient (Wildman–Crippen LogP) is 2.95. The van der Waals surface area contributed by atoms with Crippen molar-refractivity contribution < 1.29 is 0 Å². The van der Waals surface area contributed by atoms with Crippen molar-refractivity contribution in [2.45, 2.75) is 33.2 Å². The molecule has 0 amide bonds. The lowest BCUT2D eigenvalue weighted by molar-refractivity contribution is 0.558. The second-order valence-electron chi connectivity index (χ2n) is 4.38. The third kappa shape index (κ3) is 2.67. The summed E-state index contributed by atoms with van der Waals surface area (Å²) in [5.74, 6) is 0. The SMILES string of the molecule is CCCCn1[nH]c(-c2cccc(C)c2)cc1=O. The zero-order chi connectivity index (χ0) is 12.3. The molecular weight excluding hydrogens is 212 g/mol. The summed E-state index contributed by atoms with van der Waals surface area (Å²) in [5.41, 5.74) is 3.21. The van der Waals surface area contributed by atoms with Crippen LogP contribution in [-0.4, -0.2) is 9.78 Å². The van der Waals surface area contributed by atoms with E-state index in [1.54, 1.807) is 10.7 Å². The minimum atomic E-state index is 0.0509. The van der Waals surface area contributed by atoms with E-state index in [1.165, 1.54) is 5.56 Å². The molecule has 0 aliphatic heterocycles. The Morgan fingerprint density at radius 1 is 1.29 bits per heavy atom. The monoisotopic (exact) mass is 230 g/mol.